The number of benzene rings is 2. The van der Waals surface area contributed by atoms with Crippen molar-refractivity contribution < 1.29 is 9.59 Å². The lowest BCUT2D eigenvalue weighted by molar-refractivity contribution is -0.141. The van der Waals surface area contributed by atoms with Gasteiger partial charge in [-0.25, -0.2) is 0 Å². The van der Waals surface area contributed by atoms with Crippen LogP contribution in [-0.2, 0) is 16.1 Å². The van der Waals surface area contributed by atoms with Gasteiger partial charge in [-0.2, -0.15) is 0 Å². The van der Waals surface area contributed by atoms with Crippen molar-refractivity contribution in [2.75, 3.05) is 13.7 Å². The molecule has 0 unspecified atom stereocenters. The van der Waals surface area contributed by atoms with Crippen LogP contribution in [0.3, 0.4) is 0 Å². The van der Waals surface area contributed by atoms with Gasteiger partial charge in [0.25, 0.3) is 0 Å². The molecule has 1 heterocycles. The molecule has 0 aromatic heterocycles. The van der Waals surface area contributed by atoms with E-state index in [1.807, 2.05) is 72.6 Å². The van der Waals surface area contributed by atoms with Crippen LogP contribution in [-0.4, -0.2) is 35.3 Å². The van der Waals surface area contributed by atoms with Crippen LogP contribution in [0, 0.1) is 0 Å². The SMILES string of the molecule is CN(Cc1ccccc1)CN1C(=O)C[C@@H](c2ccccc2)C1=O. The summed E-state index contributed by atoms with van der Waals surface area (Å²) < 4.78 is 0. The number of rotatable bonds is 5. The highest BCUT2D eigenvalue weighted by Crippen LogP contribution is 2.29. The minimum absolute atomic E-state index is 0.0937. The maximum atomic E-state index is 12.6. The van der Waals surface area contributed by atoms with Crippen molar-refractivity contribution in [3.8, 4) is 0 Å². The Morgan fingerprint density at radius 2 is 1.61 bits per heavy atom. The highest BCUT2D eigenvalue weighted by molar-refractivity contribution is 6.06. The largest absolute Gasteiger partial charge is 0.284 e. The standard InChI is InChI=1S/C19H20N2O2/c1-20(13-15-8-4-2-5-9-15)14-21-18(22)12-17(19(21)23)16-10-6-3-7-11-16/h2-11,17H,12-14H2,1H3/t17-/m0/s1. The normalized spacial score (nSPS) is 18.0. The molecular weight excluding hydrogens is 288 g/mol. The third-order valence-corrected chi connectivity index (χ3v) is 4.12. The van der Waals surface area contributed by atoms with E-state index < -0.39 is 0 Å². The highest BCUT2D eigenvalue weighted by atomic mass is 16.2. The Bertz CT molecular complexity index is 685. The molecule has 4 heteroatoms. The molecule has 2 aromatic carbocycles. The van der Waals surface area contributed by atoms with E-state index in [-0.39, 0.29) is 24.2 Å². The van der Waals surface area contributed by atoms with Crippen LogP contribution >= 0.6 is 0 Å². The van der Waals surface area contributed by atoms with Crippen molar-refractivity contribution in [2.24, 2.45) is 0 Å². The Kier molecular flexibility index (Phi) is 4.53. The third-order valence-electron chi connectivity index (χ3n) is 4.12. The maximum Gasteiger partial charge on any atom is 0.238 e. The third kappa shape index (κ3) is 3.48. The van der Waals surface area contributed by atoms with E-state index in [1.165, 1.54) is 4.90 Å². The molecule has 23 heavy (non-hydrogen) atoms. The number of carbonyl (C=O) groups is 2. The van der Waals surface area contributed by atoms with Gasteiger partial charge in [0, 0.05) is 13.0 Å². The number of nitrogens with zero attached hydrogens (tertiary/aromatic N) is 2. The van der Waals surface area contributed by atoms with E-state index in [0.29, 0.717) is 13.2 Å². The zero-order valence-corrected chi connectivity index (χ0v) is 13.2. The highest BCUT2D eigenvalue weighted by Gasteiger charge is 2.39. The predicted molar refractivity (Wildman–Crippen MR) is 88.4 cm³/mol. The molecule has 0 radical (unpaired) electrons. The molecule has 0 saturated carbocycles. The number of hydrogen-bond acceptors (Lipinski definition) is 3. The summed E-state index contributed by atoms with van der Waals surface area (Å²) in [5.74, 6) is -0.529. The van der Waals surface area contributed by atoms with Crippen LogP contribution in [0.4, 0.5) is 0 Å². The molecule has 1 fully saturated rings. The van der Waals surface area contributed by atoms with Gasteiger partial charge in [-0.1, -0.05) is 60.7 Å². The van der Waals surface area contributed by atoms with Crippen molar-refractivity contribution in [3.05, 3.63) is 71.8 Å². The summed E-state index contributed by atoms with van der Waals surface area (Å²) in [6.07, 6.45) is 0.266. The second-order valence-corrected chi connectivity index (χ2v) is 5.97. The smallest absolute Gasteiger partial charge is 0.238 e. The number of carbonyl (C=O) groups excluding carboxylic acids is 2. The minimum Gasteiger partial charge on any atom is -0.284 e. The average Bonchev–Trinajstić information content (AvgIpc) is 2.85. The fourth-order valence-electron chi connectivity index (χ4n) is 2.96. The van der Waals surface area contributed by atoms with Crippen molar-refractivity contribution in [3.63, 3.8) is 0 Å². The molecule has 1 atom stereocenters. The second-order valence-electron chi connectivity index (χ2n) is 5.97. The summed E-state index contributed by atoms with van der Waals surface area (Å²) in [5, 5.41) is 0. The Labute approximate surface area is 136 Å². The van der Waals surface area contributed by atoms with Gasteiger partial charge in [0.1, 0.15) is 0 Å². The number of hydrogen-bond donors (Lipinski definition) is 0. The average molecular weight is 308 g/mol. The van der Waals surface area contributed by atoms with Gasteiger partial charge in [0.2, 0.25) is 11.8 Å². The van der Waals surface area contributed by atoms with Crippen LogP contribution in [0.1, 0.15) is 23.5 Å². The summed E-state index contributed by atoms with van der Waals surface area (Å²) in [4.78, 5) is 28.2. The van der Waals surface area contributed by atoms with Gasteiger partial charge in [-0.3, -0.25) is 19.4 Å². The van der Waals surface area contributed by atoms with E-state index in [9.17, 15) is 9.59 Å². The fraction of sp³-hybridized carbons (Fsp3) is 0.263. The topological polar surface area (TPSA) is 40.6 Å². The number of imide groups is 1. The van der Waals surface area contributed by atoms with Crippen molar-refractivity contribution in [2.45, 2.75) is 18.9 Å². The van der Waals surface area contributed by atoms with Gasteiger partial charge < -0.3 is 0 Å². The first kappa shape index (κ1) is 15.4. The van der Waals surface area contributed by atoms with Gasteiger partial charge in [-0.05, 0) is 18.2 Å². The van der Waals surface area contributed by atoms with E-state index >= 15 is 0 Å². The van der Waals surface area contributed by atoms with Crippen LogP contribution in [0.5, 0.6) is 0 Å². The van der Waals surface area contributed by atoms with E-state index in [2.05, 4.69) is 0 Å². The van der Waals surface area contributed by atoms with Gasteiger partial charge in [0.05, 0.1) is 12.6 Å². The lowest BCUT2D eigenvalue weighted by atomic mass is 9.98. The lowest BCUT2D eigenvalue weighted by Crippen LogP contribution is -2.39. The van der Waals surface area contributed by atoms with E-state index in [4.69, 9.17) is 0 Å². The molecule has 3 rings (SSSR count). The Balaban J connectivity index is 1.66. The second kappa shape index (κ2) is 6.75. The van der Waals surface area contributed by atoms with Crippen LogP contribution < -0.4 is 0 Å². The predicted octanol–water partition coefficient (Wildman–Crippen LogP) is 2.62. The number of likely N-dealkylation sites (tertiary alicyclic amines) is 1. The van der Waals surface area contributed by atoms with Crippen LogP contribution in [0.2, 0.25) is 0 Å². The zero-order chi connectivity index (χ0) is 16.2. The first-order chi connectivity index (χ1) is 11.1. The maximum absolute atomic E-state index is 12.6. The summed E-state index contributed by atoms with van der Waals surface area (Å²) in [6.45, 7) is 1.03. The molecule has 1 aliphatic heterocycles. The quantitative estimate of drug-likeness (QED) is 0.797. The minimum atomic E-state index is -0.339. The van der Waals surface area contributed by atoms with Crippen molar-refractivity contribution in [1.29, 1.82) is 0 Å². The lowest BCUT2D eigenvalue weighted by Gasteiger charge is -2.23. The molecule has 2 amide bonds. The zero-order valence-electron chi connectivity index (χ0n) is 13.2. The fourth-order valence-corrected chi connectivity index (χ4v) is 2.96. The Hall–Kier alpha value is -2.46. The summed E-state index contributed by atoms with van der Waals surface area (Å²) in [6, 6.07) is 19.6. The Morgan fingerprint density at radius 1 is 1.00 bits per heavy atom. The summed E-state index contributed by atoms with van der Waals surface area (Å²) >= 11 is 0. The summed E-state index contributed by atoms with van der Waals surface area (Å²) in [7, 11) is 1.92. The molecule has 1 aliphatic rings. The van der Waals surface area contributed by atoms with Crippen LogP contribution in [0.15, 0.2) is 60.7 Å². The molecule has 0 N–H and O–H groups in total. The monoisotopic (exact) mass is 308 g/mol. The Morgan fingerprint density at radius 3 is 2.26 bits per heavy atom. The molecule has 0 spiro atoms. The first-order valence-corrected chi connectivity index (χ1v) is 7.77. The van der Waals surface area contributed by atoms with Gasteiger partial charge >= 0.3 is 0 Å². The molecule has 2 aromatic rings. The molecular formula is C19H20N2O2. The van der Waals surface area contributed by atoms with Crippen molar-refractivity contribution >= 4 is 11.8 Å². The molecule has 4 nitrogen and oxygen atoms in total. The van der Waals surface area contributed by atoms with Gasteiger partial charge in [-0.15, -0.1) is 0 Å². The first-order valence-electron chi connectivity index (χ1n) is 7.77. The number of amides is 2. The van der Waals surface area contributed by atoms with E-state index in [0.717, 1.165) is 11.1 Å². The van der Waals surface area contributed by atoms with Crippen molar-refractivity contribution in [1.82, 2.24) is 9.80 Å². The molecule has 118 valence electrons. The van der Waals surface area contributed by atoms with E-state index in [1.54, 1.807) is 0 Å². The summed E-state index contributed by atoms with van der Waals surface area (Å²) in [5.41, 5.74) is 2.08. The molecule has 0 bridgehead atoms. The molecule has 1 saturated heterocycles. The van der Waals surface area contributed by atoms with Crippen LogP contribution in [0.25, 0.3) is 0 Å². The molecule has 0 aliphatic carbocycles. The van der Waals surface area contributed by atoms with Gasteiger partial charge in [0.15, 0.2) is 0 Å².